The van der Waals surface area contributed by atoms with E-state index in [9.17, 15) is 22.8 Å². The van der Waals surface area contributed by atoms with E-state index >= 15 is 0 Å². The Morgan fingerprint density at radius 1 is 1.26 bits per heavy atom. The molecule has 1 aromatic rings. The van der Waals surface area contributed by atoms with Crippen LogP contribution in [-0.2, 0) is 28.6 Å². The molecule has 7 N–H and O–H groups in total. The van der Waals surface area contributed by atoms with Crippen molar-refractivity contribution >= 4 is 17.6 Å². The minimum Gasteiger partial charge on any atom is -0.405 e. The third kappa shape index (κ3) is 7.09. The molecule has 188 valence electrons. The van der Waals surface area contributed by atoms with Crippen molar-refractivity contribution in [3.05, 3.63) is 41.1 Å². The summed E-state index contributed by atoms with van der Waals surface area (Å²) in [5.74, 6) is -1.83. The molecule has 1 aliphatic heterocycles. The van der Waals surface area contributed by atoms with Gasteiger partial charge in [0.25, 0.3) is 5.91 Å². The zero-order chi connectivity index (χ0) is 25.5. The van der Waals surface area contributed by atoms with E-state index in [2.05, 4.69) is 15.3 Å². The maximum absolute atomic E-state index is 13.0. The molecule has 0 spiro atoms. The van der Waals surface area contributed by atoms with E-state index in [1.54, 1.807) is 18.7 Å². The predicted octanol–water partition coefficient (Wildman–Crippen LogP) is 1.63. The van der Waals surface area contributed by atoms with Gasteiger partial charge in [0, 0.05) is 24.3 Å². The highest BCUT2D eigenvalue weighted by atomic mass is 19.4. The van der Waals surface area contributed by atoms with Crippen LogP contribution in [0.2, 0.25) is 0 Å². The Hall–Kier alpha value is -3.31. The van der Waals surface area contributed by atoms with Crippen LogP contribution in [-0.4, -0.2) is 45.8 Å². The van der Waals surface area contributed by atoms with E-state index in [0.717, 1.165) is 12.8 Å². The van der Waals surface area contributed by atoms with Crippen LogP contribution < -0.4 is 22.5 Å². The summed E-state index contributed by atoms with van der Waals surface area (Å²) in [4.78, 5) is 33.5. The number of halogens is 3. The van der Waals surface area contributed by atoms with Gasteiger partial charge < -0.3 is 27.4 Å². The molecule has 12 heteroatoms. The summed E-state index contributed by atoms with van der Waals surface area (Å²) in [6.45, 7) is 4.36. The molecule has 0 bridgehead atoms. The zero-order valence-corrected chi connectivity index (χ0v) is 19.4. The molecule has 0 aliphatic carbocycles. The van der Waals surface area contributed by atoms with Crippen molar-refractivity contribution < 1.29 is 22.8 Å². The van der Waals surface area contributed by atoms with E-state index in [1.807, 2.05) is 0 Å². The van der Waals surface area contributed by atoms with Crippen molar-refractivity contribution in [2.45, 2.75) is 58.2 Å². The third-order valence-corrected chi connectivity index (χ3v) is 5.81. The number of likely N-dealkylation sites (tertiary alicyclic amines) is 1. The van der Waals surface area contributed by atoms with Crippen molar-refractivity contribution in [2.24, 2.45) is 17.4 Å². The predicted molar refractivity (Wildman–Crippen MR) is 122 cm³/mol. The molecule has 1 aliphatic rings. The summed E-state index contributed by atoms with van der Waals surface area (Å²) in [7, 11) is 0. The number of aromatic nitrogens is 2. The number of nitrogen functional groups attached to an aromatic ring is 1. The van der Waals surface area contributed by atoms with Gasteiger partial charge in [-0.1, -0.05) is 6.92 Å². The number of nitrogens with one attached hydrogen (secondary N) is 1. The lowest BCUT2D eigenvalue weighted by atomic mass is 9.90. The molecular formula is C22H32F3N7O2. The number of aryl methyl sites for hydroxylation is 1. The standard InChI is InChI=1S/C22H32F3N7O2/c1-3-17-15(18(28)31-21(30-17)22(23,24)25)7-6-14-8-11-32(12-9-14)20(34)13(2)29-19(33)16(27)5-4-10-26/h4-5,10,13-14H,3,6-9,11-12,26-27H2,1-2H3,(H,29,33)(H2,28,30,31)/b10-4-,16-5-. The van der Waals surface area contributed by atoms with Gasteiger partial charge in [-0.2, -0.15) is 13.2 Å². The van der Waals surface area contributed by atoms with Crippen LogP contribution in [0.15, 0.2) is 24.0 Å². The lowest BCUT2D eigenvalue weighted by Gasteiger charge is -2.34. The first-order valence-corrected chi connectivity index (χ1v) is 11.1. The van der Waals surface area contributed by atoms with Crippen LogP contribution in [0.25, 0.3) is 0 Å². The van der Waals surface area contributed by atoms with Gasteiger partial charge in [0.05, 0.1) is 5.70 Å². The second kappa shape index (κ2) is 11.7. The number of carbonyl (C=O) groups excluding carboxylic acids is 2. The summed E-state index contributed by atoms with van der Waals surface area (Å²) < 4.78 is 38.9. The summed E-state index contributed by atoms with van der Waals surface area (Å²) in [5, 5.41) is 2.57. The fourth-order valence-electron chi connectivity index (χ4n) is 3.88. The van der Waals surface area contributed by atoms with Crippen LogP contribution in [0.1, 0.15) is 50.2 Å². The first-order valence-electron chi connectivity index (χ1n) is 11.1. The molecule has 0 aromatic carbocycles. The quantitative estimate of drug-likeness (QED) is 0.324. The van der Waals surface area contributed by atoms with Gasteiger partial charge in [-0.3, -0.25) is 9.59 Å². The maximum atomic E-state index is 13.0. The van der Waals surface area contributed by atoms with Crippen LogP contribution in [0.4, 0.5) is 19.0 Å². The first-order chi connectivity index (χ1) is 16.0. The van der Waals surface area contributed by atoms with Gasteiger partial charge in [-0.05, 0) is 63.3 Å². The number of allylic oxidation sites excluding steroid dienone is 2. The van der Waals surface area contributed by atoms with Gasteiger partial charge >= 0.3 is 6.18 Å². The summed E-state index contributed by atoms with van der Waals surface area (Å²) in [5.41, 5.74) is 17.5. The minimum atomic E-state index is -4.64. The molecule has 1 fully saturated rings. The number of rotatable bonds is 8. The van der Waals surface area contributed by atoms with E-state index in [-0.39, 0.29) is 23.3 Å². The Morgan fingerprint density at radius 3 is 2.47 bits per heavy atom. The lowest BCUT2D eigenvalue weighted by Crippen LogP contribution is -2.50. The van der Waals surface area contributed by atoms with E-state index in [4.69, 9.17) is 17.2 Å². The number of nitrogens with zero attached hydrogens (tertiary/aromatic N) is 3. The third-order valence-electron chi connectivity index (χ3n) is 5.81. The van der Waals surface area contributed by atoms with Gasteiger partial charge in [0.1, 0.15) is 11.9 Å². The molecule has 1 saturated heterocycles. The van der Waals surface area contributed by atoms with Gasteiger partial charge in [-0.25, -0.2) is 9.97 Å². The molecule has 9 nitrogen and oxygen atoms in total. The SMILES string of the molecule is CCc1nc(C(F)(F)F)nc(N)c1CCC1CCN(C(=O)C(C)NC(=O)/C(N)=C/C=C\N)CC1. The van der Waals surface area contributed by atoms with E-state index < -0.39 is 23.9 Å². The molecule has 1 atom stereocenters. The molecular weight excluding hydrogens is 451 g/mol. The van der Waals surface area contributed by atoms with Crippen LogP contribution in [0, 0.1) is 5.92 Å². The first kappa shape index (κ1) is 26.9. The molecule has 0 saturated carbocycles. The largest absolute Gasteiger partial charge is 0.451 e. The molecule has 1 aromatic heterocycles. The Kier molecular flexibility index (Phi) is 9.28. The fourth-order valence-corrected chi connectivity index (χ4v) is 3.88. The second-order valence-corrected chi connectivity index (χ2v) is 8.22. The lowest BCUT2D eigenvalue weighted by molar-refractivity contribution is -0.145. The number of alkyl halides is 3. The fraction of sp³-hybridized carbons (Fsp3) is 0.545. The smallest absolute Gasteiger partial charge is 0.405 e. The number of piperidine rings is 1. The van der Waals surface area contributed by atoms with Crippen molar-refractivity contribution in [1.82, 2.24) is 20.2 Å². The number of nitrogens with two attached hydrogens (primary N) is 3. The number of carbonyl (C=O) groups is 2. The van der Waals surface area contributed by atoms with Crippen molar-refractivity contribution in [3.8, 4) is 0 Å². The highest BCUT2D eigenvalue weighted by molar-refractivity contribution is 5.96. The number of amides is 2. The maximum Gasteiger partial charge on any atom is 0.451 e. The topological polar surface area (TPSA) is 153 Å². The molecule has 34 heavy (non-hydrogen) atoms. The highest BCUT2D eigenvalue weighted by Crippen LogP contribution is 2.30. The van der Waals surface area contributed by atoms with Gasteiger partial charge in [-0.15, -0.1) is 0 Å². The van der Waals surface area contributed by atoms with Crippen LogP contribution in [0.3, 0.4) is 0 Å². The number of hydrogen-bond donors (Lipinski definition) is 4. The summed E-state index contributed by atoms with van der Waals surface area (Å²) in [6, 6.07) is -0.742. The average Bonchev–Trinajstić information content (AvgIpc) is 2.80. The Balaban J connectivity index is 1.90. The molecule has 0 radical (unpaired) electrons. The molecule has 2 amide bonds. The van der Waals surface area contributed by atoms with Gasteiger partial charge in [0.15, 0.2) is 0 Å². The van der Waals surface area contributed by atoms with Gasteiger partial charge in [0.2, 0.25) is 11.7 Å². The number of anilines is 1. The second-order valence-electron chi connectivity index (χ2n) is 8.22. The summed E-state index contributed by atoms with van der Waals surface area (Å²) >= 11 is 0. The molecule has 1 unspecified atom stereocenters. The molecule has 2 rings (SSSR count). The van der Waals surface area contributed by atoms with Crippen molar-refractivity contribution in [3.63, 3.8) is 0 Å². The van der Waals surface area contributed by atoms with E-state index in [0.29, 0.717) is 43.6 Å². The normalized spacial score (nSPS) is 16.6. The van der Waals surface area contributed by atoms with Crippen LogP contribution >= 0.6 is 0 Å². The Bertz CT molecular complexity index is 939. The van der Waals surface area contributed by atoms with E-state index in [1.165, 1.54) is 18.4 Å². The monoisotopic (exact) mass is 483 g/mol. The van der Waals surface area contributed by atoms with Crippen LogP contribution in [0.5, 0.6) is 0 Å². The van der Waals surface area contributed by atoms with Crippen molar-refractivity contribution in [1.29, 1.82) is 0 Å². The molecule has 2 heterocycles. The Morgan fingerprint density at radius 2 is 1.91 bits per heavy atom. The number of hydrogen-bond acceptors (Lipinski definition) is 7. The van der Waals surface area contributed by atoms with Crippen molar-refractivity contribution in [2.75, 3.05) is 18.8 Å². The highest BCUT2D eigenvalue weighted by Gasteiger charge is 2.36. The Labute approximate surface area is 196 Å². The average molecular weight is 484 g/mol. The summed E-state index contributed by atoms with van der Waals surface area (Å²) in [6.07, 6.45) is 2.33. The minimum absolute atomic E-state index is 0.0574. The zero-order valence-electron chi connectivity index (χ0n) is 19.4.